The van der Waals surface area contributed by atoms with Gasteiger partial charge in [0.2, 0.25) is 15.9 Å². The Morgan fingerprint density at radius 1 is 1.28 bits per heavy atom. The summed E-state index contributed by atoms with van der Waals surface area (Å²) >= 11 is 1.20. The van der Waals surface area contributed by atoms with E-state index in [1.807, 2.05) is 0 Å². The lowest BCUT2D eigenvalue weighted by molar-refractivity contribution is -0.126. The third kappa shape index (κ3) is 3.80. The number of hydrogen-bond donors (Lipinski definition) is 1. The highest BCUT2D eigenvalue weighted by molar-refractivity contribution is 8.00. The number of imide groups is 1. The average molecular weight is 384 g/mol. The number of nitrogens with one attached hydrogen (secondary N) is 1. The summed E-state index contributed by atoms with van der Waals surface area (Å²) in [5, 5.41) is 2.64. The van der Waals surface area contributed by atoms with Crippen LogP contribution >= 0.6 is 11.8 Å². The molecule has 0 radical (unpaired) electrons. The molecule has 3 heterocycles. The normalized spacial score (nSPS) is 19.9. The standard InChI is InChI=1S/C15H20N4O4S2/c1-11(14(20)19-9-6-16-15(19)21)24-13-5-4-12(10-17-13)25(22,23)18-7-2-3-8-18/h4-5,10-11H,2-3,6-9H2,1H3,(H,16,21). The second-order valence-electron chi connectivity index (χ2n) is 5.93. The summed E-state index contributed by atoms with van der Waals surface area (Å²) in [7, 11) is -3.49. The van der Waals surface area contributed by atoms with E-state index in [1.54, 1.807) is 13.0 Å². The number of aromatic nitrogens is 1. The van der Waals surface area contributed by atoms with Crippen LogP contribution < -0.4 is 5.32 Å². The topological polar surface area (TPSA) is 99.7 Å². The molecule has 25 heavy (non-hydrogen) atoms. The first kappa shape index (κ1) is 18.2. The van der Waals surface area contributed by atoms with Crippen LogP contribution in [0.4, 0.5) is 4.79 Å². The number of nitrogens with zero attached hydrogens (tertiary/aromatic N) is 3. The maximum Gasteiger partial charge on any atom is 0.324 e. The Kier molecular flexibility index (Phi) is 5.30. The van der Waals surface area contributed by atoms with Crippen LogP contribution in [0.25, 0.3) is 0 Å². The van der Waals surface area contributed by atoms with Gasteiger partial charge in [-0.25, -0.2) is 18.2 Å². The van der Waals surface area contributed by atoms with Crippen molar-refractivity contribution in [1.29, 1.82) is 0 Å². The quantitative estimate of drug-likeness (QED) is 0.757. The molecular weight excluding hydrogens is 364 g/mol. The van der Waals surface area contributed by atoms with Gasteiger partial charge in [-0.3, -0.25) is 9.69 Å². The first-order chi connectivity index (χ1) is 11.9. The van der Waals surface area contributed by atoms with Crippen molar-refractivity contribution in [2.24, 2.45) is 0 Å². The second-order valence-corrected chi connectivity index (χ2v) is 9.22. The molecule has 1 N–H and O–H groups in total. The molecular formula is C15H20N4O4S2. The van der Waals surface area contributed by atoms with Crippen molar-refractivity contribution in [2.75, 3.05) is 26.2 Å². The van der Waals surface area contributed by atoms with Crippen molar-refractivity contribution in [3.8, 4) is 0 Å². The number of carbonyl (C=O) groups excluding carboxylic acids is 2. The molecule has 0 saturated carbocycles. The molecule has 1 unspecified atom stereocenters. The van der Waals surface area contributed by atoms with Gasteiger partial charge in [0, 0.05) is 32.4 Å². The smallest absolute Gasteiger partial charge is 0.324 e. The Labute approximate surface area is 151 Å². The van der Waals surface area contributed by atoms with Crippen LogP contribution in [0.2, 0.25) is 0 Å². The highest BCUT2D eigenvalue weighted by atomic mass is 32.2. The molecule has 2 saturated heterocycles. The Morgan fingerprint density at radius 2 is 2.00 bits per heavy atom. The van der Waals surface area contributed by atoms with Crippen LogP contribution in [-0.4, -0.2) is 66.0 Å². The number of amides is 3. The number of pyridine rings is 1. The summed E-state index contributed by atoms with van der Waals surface area (Å²) in [5.41, 5.74) is 0. The Morgan fingerprint density at radius 3 is 2.56 bits per heavy atom. The third-order valence-electron chi connectivity index (χ3n) is 4.18. The van der Waals surface area contributed by atoms with Gasteiger partial charge < -0.3 is 5.32 Å². The predicted octanol–water partition coefficient (Wildman–Crippen LogP) is 0.898. The fourth-order valence-electron chi connectivity index (χ4n) is 2.80. The number of thioether (sulfide) groups is 1. The van der Waals surface area contributed by atoms with Gasteiger partial charge in [-0.2, -0.15) is 4.31 Å². The predicted molar refractivity (Wildman–Crippen MR) is 92.7 cm³/mol. The molecule has 10 heteroatoms. The van der Waals surface area contributed by atoms with Gasteiger partial charge in [-0.1, -0.05) is 11.8 Å². The molecule has 0 aliphatic carbocycles. The van der Waals surface area contributed by atoms with Crippen LogP contribution in [0.5, 0.6) is 0 Å². The first-order valence-electron chi connectivity index (χ1n) is 8.11. The Hall–Kier alpha value is -1.65. The monoisotopic (exact) mass is 384 g/mol. The van der Waals surface area contributed by atoms with E-state index in [-0.39, 0.29) is 16.8 Å². The highest BCUT2D eigenvalue weighted by Crippen LogP contribution is 2.26. The van der Waals surface area contributed by atoms with E-state index < -0.39 is 15.3 Å². The zero-order chi connectivity index (χ0) is 18.0. The van der Waals surface area contributed by atoms with Crippen LogP contribution in [0.15, 0.2) is 28.3 Å². The number of urea groups is 1. The van der Waals surface area contributed by atoms with E-state index in [2.05, 4.69) is 10.3 Å². The van der Waals surface area contributed by atoms with E-state index >= 15 is 0 Å². The number of carbonyl (C=O) groups is 2. The van der Waals surface area contributed by atoms with Gasteiger partial charge in [0.05, 0.1) is 10.3 Å². The minimum Gasteiger partial charge on any atom is -0.336 e. The molecule has 2 aliphatic rings. The van der Waals surface area contributed by atoms with Crippen molar-refractivity contribution in [3.63, 3.8) is 0 Å². The maximum atomic E-state index is 12.5. The molecule has 1 aromatic heterocycles. The summed E-state index contributed by atoms with van der Waals surface area (Å²) < 4.78 is 26.4. The fourth-order valence-corrected chi connectivity index (χ4v) is 5.11. The summed E-state index contributed by atoms with van der Waals surface area (Å²) in [6.07, 6.45) is 3.09. The minimum absolute atomic E-state index is 0.164. The van der Waals surface area contributed by atoms with Gasteiger partial charge in [0.1, 0.15) is 4.90 Å². The van der Waals surface area contributed by atoms with Gasteiger partial charge in [0.25, 0.3) is 0 Å². The van der Waals surface area contributed by atoms with Gasteiger partial charge in [0.15, 0.2) is 0 Å². The van der Waals surface area contributed by atoms with E-state index in [9.17, 15) is 18.0 Å². The molecule has 3 rings (SSSR count). The zero-order valence-electron chi connectivity index (χ0n) is 13.8. The van der Waals surface area contributed by atoms with Gasteiger partial charge in [-0.15, -0.1) is 0 Å². The molecule has 136 valence electrons. The summed E-state index contributed by atoms with van der Waals surface area (Å²) in [4.78, 5) is 29.3. The van der Waals surface area contributed by atoms with E-state index in [4.69, 9.17) is 0 Å². The maximum absolute atomic E-state index is 12.5. The molecule has 2 fully saturated rings. The van der Waals surface area contributed by atoms with Gasteiger partial charge in [-0.05, 0) is 31.9 Å². The van der Waals surface area contributed by atoms with Gasteiger partial charge >= 0.3 is 6.03 Å². The van der Waals surface area contributed by atoms with Crippen molar-refractivity contribution >= 4 is 33.7 Å². The number of sulfonamides is 1. The molecule has 2 aliphatic heterocycles. The number of hydrogen-bond acceptors (Lipinski definition) is 6. The lowest BCUT2D eigenvalue weighted by atomic mass is 10.4. The van der Waals surface area contributed by atoms with Crippen molar-refractivity contribution < 1.29 is 18.0 Å². The van der Waals surface area contributed by atoms with E-state index in [0.717, 1.165) is 12.8 Å². The zero-order valence-corrected chi connectivity index (χ0v) is 15.5. The van der Waals surface area contributed by atoms with E-state index in [0.29, 0.717) is 31.2 Å². The summed E-state index contributed by atoms with van der Waals surface area (Å²) in [5.74, 6) is -0.282. The number of rotatable bonds is 5. The second kappa shape index (κ2) is 7.30. The lowest BCUT2D eigenvalue weighted by Gasteiger charge is -2.17. The van der Waals surface area contributed by atoms with Crippen molar-refractivity contribution in [3.05, 3.63) is 18.3 Å². The Bertz CT molecular complexity index is 760. The first-order valence-corrected chi connectivity index (χ1v) is 10.4. The molecule has 0 spiro atoms. The van der Waals surface area contributed by atoms with Crippen LogP contribution in [0.3, 0.4) is 0 Å². The lowest BCUT2D eigenvalue weighted by Crippen LogP contribution is -2.38. The molecule has 1 atom stereocenters. The Balaban J connectivity index is 1.66. The van der Waals surface area contributed by atoms with E-state index in [1.165, 1.54) is 33.2 Å². The van der Waals surface area contributed by atoms with Crippen molar-refractivity contribution in [1.82, 2.24) is 19.5 Å². The fraction of sp³-hybridized carbons (Fsp3) is 0.533. The largest absolute Gasteiger partial charge is 0.336 e. The van der Waals surface area contributed by atoms with Crippen LogP contribution in [0.1, 0.15) is 19.8 Å². The molecule has 8 nitrogen and oxygen atoms in total. The van der Waals surface area contributed by atoms with Crippen molar-refractivity contribution in [2.45, 2.75) is 34.9 Å². The molecule has 0 bridgehead atoms. The minimum atomic E-state index is -3.49. The third-order valence-corrected chi connectivity index (χ3v) is 7.10. The molecule has 0 aromatic carbocycles. The molecule has 3 amide bonds. The average Bonchev–Trinajstić information content (AvgIpc) is 3.26. The summed E-state index contributed by atoms with van der Waals surface area (Å²) in [6.45, 7) is 3.62. The SMILES string of the molecule is CC(Sc1ccc(S(=O)(=O)N2CCCC2)cn1)C(=O)N1CCNC1=O. The van der Waals surface area contributed by atoms with Crippen LogP contribution in [0, 0.1) is 0 Å². The summed E-state index contributed by atoms with van der Waals surface area (Å²) in [6, 6.07) is 2.74. The highest BCUT2D eigenvalue weighted by Gasteiger charge is 2.31. The van der Waals surface area contributed by atoms with Crippen LogP contribution in [-0.2, 0) is 14.8 Å². The molecule has 1 aromatic rings.